The Balaban J connectivity index is 1.56. The second-order valence-corrected chi connectivity index (χ2v) is 9.04. The van der Waals surface area contributed by atoms with E-state index in [2.05, 4.69) is 5.32 Å². The highest BCUT2D eigenvalue weighted by Crippen LogP contribution is 2.32. The minimum absolute atomic E-state index is 0.0218. The van der Waals surface area contributed by atoms with Crippen molar-refractivity contribution in [2.45, 2.75) is 24.7 Å². The number of benzene rings is 2. The van der Waals surface area contributed by atoms with Crippen molar-refractivity contribution in [3.8, 4) is 0 Å². The first-order valence-corrected chi connectivity index (χ1v) is 11.6. The van der Waals surface area contributed by atoms with Gasteiger partial charge in [0.15, 0.2) is 0 Å². The summed E-state index contributed by atoms with van der Waals surface area (Å²) in [6.45, 7) is 2.25. The van der Waals surface area contributed by atoms with Crippen LogP contribution in [0.25, 0.3) is 0 Å². The lowest BCUT2D eigenvalue weighted by atomic mass is 10.0. The Hall–Kier alpha value is -3.59. The monoisotopic (exact) mass is 454 g/mol. The van der Waals surface area contributed by atoms with Gasteiger partial charge in [0, 0.05) is 18.2 Å². The molecule has 0 spiro atoms. The molecule has 1 N–H and O–H groups in total. The number of para-hydroxylation sites is 1. The van der Waals surface area contributed by atoms with E-state index in [0.717, 1.165) is 18.4 Å². The molecule has 2 aromatic carbocycles. The van der Waals surface area contributed by atoms with Crippen LogP contribution in [0.5, 0.6) is 0 Å². The Morgan fingerprint density at radius 3 is 2.72 bits per heavy atom. The third-order valence-corrected chi connectivity index (χ3v) is 6.88. The van der Waals surface area contributed by atoms with Crippen molar-refractivity contribution < 1.29 is 27.2 Å². The fourth-order valence-corrected chi connectivity index (χ4v) is 5.16. The summed E-state index contributed by atoms with van der Waals surface area (Å²) in [7, 11) is -3.85. The van der Waals surface area contributed by atoms with Crippen LogP contribution in [0.2, 0.25) is 0 Å². The number of amides is 1. The van der Waals surface area contributed by atoms with Crippen LogP contribution in [0.3, 0.4) is 0 Å². The average molecular weight is 455 g/mol. The molecule has 0 saturated carbocycles. The van der Waals surface area contributed by atoms with E-state index < -0.39 is 21.9 Å². The summed E-state index contributed by atoms with van der Waals surface area (Å²) in [6.07, 6.45) is 1.54. The fraction of sp³-hybridized carbons (Fsp3) is 0.217. The molecule has 1 aromatic heterocycles. The highest BCUT2D eigenvalue weighted by Gasteiger charge is 2.29. The molecular weight excluding hydrogens is 432 g/mol. The lowest BCUT2D eigenvalue weighted by Gasteiger charge is -2.30. The van der Waals surface area contributed by atoms with Crippen molar-refractivity contribution in [2.75, 3.05) is 22.8 Å². The lowest BCUT2D eigenvalue weighted by Crippen LogP contribution is -2.35. The number of nitrogens with one attached hydrogen (secondary N) is 1. The molecule has 0 fully saturated rings. The van der Waals surface area contributed by atoms with E-state index in [1.165, 1.54) is 40.7 Å². The van der Waals surface area contributed by atoms with Crippen LogP contribution in [0.15, 0.2) is 70.0 Å². The van der Waals surface area contributed by atoms with E-state index in [4.69, 9.17) is 9.15 Å². The number of sulfonamides is 1. The number of carbonyl (C=O) groups excluding carboxylic acids is 2. The molecule has 1 aliphatic rings. The van der Waals surface area contributed by atoms with Crippen molar-refractivity contribution in [1.82, 2.24) is 0 Å². The second-order valence-electron chi connectivity index (χ2n) is 7.18. The number of nitrogens with zero attached hydrogens (tertiary/aromatic N) is 1. The first-order valence-electron chi connectivity index (χ1n) is 10.2. The van der Waals surface area contributed by atoms with Crippen LogP contribution in [0, 0.1) is 0 Å². The summed E-state index contributed by atoms with van der Waals surface area (Å²) in [5.41, 5.74) is 1.78. The Morgan fingerprint density at radius 1 is 1.09 bits per heavy atom. The number of anilines is 2. The van der Waals surface area contributed by atoms with Gasteiger partial charge in [0.05, 0.1) is 17.2 Å². The van der Waals surface area contributed by atoms with Crippen molar-refractivity contribution in [3.63, 3.8) is 0 Å². The maximum atomic E-state index is 13.3. The number of hydrogen-bond acceptors (Lipinski definition) is 6. The Labute approximate surface area is 185 Å². The van der Waals surface area contributed by atoms with Crippen molar-refractivity contribution in [2.24, 2.45) is 0 Å². The summed E-state index contributed by atoms with van der Waals surface area (Å²) in [6, 6.07) is 16.1. The minimum Gasteiger partial charge on any atom is -0.460 e. The Bertz CT molecular complexity index is 1260. The number of rotatable bonds is 6. The standard InChI is InChI=1S/C23H22N2O6S/c1-2-30-23(27)20-12-13-21(31-20)24-22(26)17-8-5-10-18(15-17)32(28,29)25-14-6-9-16-7-3-4-11-19(16)25/h3-5,7-8,10-13,15H,2,6,9,14H2,1H3,(H,24,26). The van der Waals surface area contributed by atoms with Gasteiger partial charge in [-0.15, -0.1) is 0 Å². The van der Waals surface area contributed by atoms with Gasteiger partial charge >= 0.3 is 5.97 Å². The SMILES string of the molecule is CCOC(=O)c1ccc(NC(=O)c2cccc(S(=O)(=O)N3CCCc4ccccc43)c2)o1. The minimum atomic E-state index is -3.85. The van der Waals surface area contributed by atoms with Gasteiger partial charge in [0.2, 0.25) is 11.6 Å². The van der Waals surface area contributed by atoms with Crippen LogP contribution < -0.4 is 9.62 Å². The molecule has 1 aliphatic heterocycles. The molecule has 0 saturated heterocycles. The third-order valence-electron chi connectivity index (χ3n) is 5.07. The largest absolute Gasteiger partial charge is 0.460 e. The van der Waals surface area contributed by atoms with E-state index in [-0.39, 0.29) is 28.7 Å². The fourth-order valence-electron chi connectivity index (χ4n) is 3.57. The van der Waals surface area contributed by atoms with Gasteiger partial charge in [0.1, 0.15) is 0 Å². The summed E-state index contributed by atoms with van der Waals surface area (Å²) in [4.78, 5) is 24.4. The van der Waals surface area contributed by atoms with Crippen LogP contribution in [-0.2, 0) is 21.2 Å². The number of ether oxygens (including phenoxy) is 1. The number of fused-ring (bicyclic) bond motifs is 1. The molecule has 0 bridgehead atoms. The summed E-state index contributed by atoms with van der Waals surface area (Å²) in [5.74, 6) is -1.19. The molecule has 1 amide bonds. The average Bonchev–Trinajstić information content (AvgIpc) is 3.27. The molecule has 166 valence electrons. The summed E-state index contributed by atoms with van der Waals surface area (Å²) >= 11 is 0. The molecule has 0 unspecified atom stereocenters. The van der Waals surface area contributed by atoms with Gasteiger partial charge < -0.3 is 9.15 Å². The van der Waals surface area contributed by atoms with Crippen LogP contribution >= 0.6 is 0 Å². The lowest BCUT2D eigenvalue weighted by molar-refractivity contribution is 0.0490. The number of hydrogen-bond donors (Lipinski definition) is 1. The summed E-state index contributed by atoms with van der Waals surface area (Å²) < 4.78 is 38.2. The second kappa shape index (κ2) is 8.88. The van der Waals surface area contributed by atoms with Gasteiger partial charge in [-0.25, -0.2) is 13.2 Å². The van der Waals surface area contributed by atoms with Gasteiger partial charge in [-0.05, 0) is 55.7 Å². The quantitative estimate of drug-likeness (QED) is 0.567. The molecular formula is C23H22N2O6S. The zero-order valence-corrected chi connectivity index (χ0v) is 18.2. The van der Waals surface area contributed by atoms with Crippen LogP contribution in [0.4, 0.5) is 11.6 Å². The van der Waals surface area contributed by atoms with Crippen molar-refractivity contribution >= 4 is 33.5 Å². The molecule has 0 radical (unpaired) electrons. The number of aryl methyl sites for hydroxylation is 1. The highest BCUT2D eigenvalue weighted by molar-refractivity contribution is 7.92. The van der Waals surface area contributed by atoms with E-state index in [9.17, 15) is 18.0 Å². The molecule has 2 heterocycles. The first-order chi connectivity index (χ1) is 15.4. The van der Waals surface area contributed by atoms with Crippen LogP contribution in [-0.4, -0.2) is 33.4 Å². The van der Waals surface area contributed by atoms with E-state index in [1.54, 1.807) is 13.0 Å². The predicted molar refractivity (Wildman–Crippen MR) is 118 cm³/mol. The van der Waals surface area contributed by atoms with Gasteiger partial charge in [-0.1, -0.05) is 24.3 Å². The molecule has 0 aliphatic carbocycles. The first kappa shape index (κ1) is 21.6. The number of carbonyl (C=O) groups is 2. The third kappa shape index (κ3) is 4.24. The molecule has 8 nitrogen and oxygen atoms in total. The molecule has 9 heteroatoms. The Morgan fingerprint density at radius 2 is 1.91 bits per heavy atom. The number of esters is 1. The van der Waals surface area contributed by atoms with E-state index in [1.807, 2.05) is 18.2 Å². The molecule has 4 rings (SSSR count). The van der Waals surface area contributed by atoms with Crippen LogP contribution in [0.1, 0.15) is 39.8 Å². The summed E-state index contributed by atoms with van der Waals surface area (Å²) in [5, 5.41) is 2.53. The van der Waals surface area contributed by atoms with E-state index >= 15 is 0 Å². The molecule has 3 aromatic rings. The maximum absolute atomic E-state index is 13.3. The molecule has 32 heavy (non-hydrogen) atoms. The smallest absolute Gasteiger partial charge is 0.374 e. The maximum Gasteiger partial charge on any atom is 0.374 e. The predicted octanol–water partition coefficient (Wildman–Crippen LogP) is 3.85. The zero-order chi connectivity index (χ0) is 22.7. The van der Waals surface area contributed by atoms with Gasteiger partial charge in [-0.3, -0.25) is 14.4 Å². The normalized spacial score (nSPS) is 13.3. The van der Waals surface area contributed by atoms with Crippen molar-refractivity contribution in [3.05, 3.63) is 77.6 Å². The molecule has 0 atom stereocenters. The van der Waals surface area contributed by atoms with Gasteiger partial charge in [-0.2, -0.15) is 0 Å². The number of furan rings is 1. The van der Waals surface area contributed by atoms with E-state index in [0.29, 0.717) is 12.2 Å². The zero-order valence-electron chi connectivity index (χ0n) is 17.4. The Kier molecular flexibility index (Phi) is 6.00. The highest BCUT2D eigenvalue weighted by atomic mass is 32.2. The topological polar surface area (TPSA) is 106 Å². The van der Waals surface area contributed by atoms with Gasteiger partial charge in [0.25, 0.3) is 15.9 Å². The van der Waals surface area contributed by atoms with Crippen molar-refractivity contribution in [1.29, 1.82) is 0 Å².